The molecule has 6 rings (SSSR count). The van der Waals surface area contributed by atoms with E-state index in [9.17, 15) is 14.7 Å². The van der Waals surface area contributed by atoms with Crippen molar-refractivity contribution in [2.45, 2.75) is 57.1 Å². The number of esters is 1. The first-order valence-corrected chi connectivity index (χ1v) is 11.2. The van der Waals surface area contributed by atoms with Crippen molar-refractivity contribution < 1.29 is 28.9 Å². The van der Waals surface area contributed by atoms with E-state index >= 15 is 0 Å². The number of nitrogens with zero attached hydrogens (tertiary/aromatic N) is 1. The normalized spacial score (nSPS) is 33.1. The number of amides is 1. The highest BCUT2D eigenvalue weighted by Crippen LogP contribution is 2.62. The molecule has 1 aliphatic heterocycles. The topological polar surface area (TPSA) is 85.3 Å². The summed E-state index contributed by atoms with van der Waals surface area (Å²) in [6.45, 7) is 0.798. The molecule has 7 heteroatoms. The van der Waals surface area contributed by atoms with Crippen LogP contribution < -0.4 is 9.47 Å². The van der Waals surface area contributed by atoms with Gasteiger partial charge < -0.3 is 24.2 Å². The maximum atomic E-state index is 13.0. The minimum atomic E-state index is -0.718. The number of ether oxygens (including phenoxy) is 3. The number of fused-ring (bicyclic) bond motifs is 1. The number of carbonyl (C=O) groups excluding carboxylic acids is 2. The van der Waals surface area contributed by atoms with Crippen LogP contribution in [-0.4, -0.2) is 54.9 Å². The molecule has 4 fully saturated rings. The maximum absolute atomic E-state index is 13.0. The number of hydrogen-bond donors (Lipinski definition) is 1. The van der Waals surface area contributed by atoms with Gasteiger partial charge in [-0.05, 0) is 80.0 Å². The molecule has 1 aromatic carbocycles. The van der Waals surface area contributed by atoms with Gasteiger partial charge in [-0.15, -0.1) is 0 Å². The number of benzene rings is 1. The first-order chi connectivity index (χ1) is 14.8. The van der Waals surface area contributed by atoms with Gasteiger partial charge in [-0.1, -0.05) is 0 Å². The molecule has 2 unspecified atom stereocenters. The summed E-state index contributed by atoms with van der Waals surface area (Å²) in [6.07, 6.45) is 5.50. The predicted molar refractivity (Wildman–Crippen MR) is 112 cm³/mol. The van der Waals surface area contributed by atoms with E-state index in [-0.39, 0.29) is 18.5 Å². The zero-order valence-electron chi connectivity index (χ0n) is 18.3. The lowest BCUT2D eigenvalue weighted by molar-refractivity contribution is -0.197. The van der Waals surface area contributed by atoms with E-state index in [0.29, 0.717) is 42.8 Å². The number of aliphatic hydroxyl groups is 1. The highest BCUT2D eigenvalue weighted by Gasteiger charge is 2.61. The van der Waals surface area contributed by atoms with E-state index in [1.807, 2.05) is 12.1 Å². The van der Waals surface area contributed by atoms with Gasteiger partial charge in [0.2, 0.25) is 0 Å². The molecular formula is C24H31NO6. The van der Waals surface area contributed by atoms with Gasteiger partial charge in [-0.25, -0.2) is 0 Å². The molecule has 0 spiro atoms. The van der Waals surface area contributed by atoms with Gasteiger partial charge in [0.05, 0.1) is 25.2 Å². The average Bonchev–Trinajstić information content (AvgIpc) is 2.74. The summed E-state index contributed by atoms with van der Waals surface area (Å²) in [6, 6.07) is 3.88. The lowest BCUT2D eigenvalue weighted by Crippen LogP contribution is -2.58. The van der Waals surface area contributed by atoms with Crippen molar-refractivity contribution in [1.29, 1.82) is 0 Å². The molecule has 7 nitrogen and oxygen atoms in total. The van der Waals surface area contributed by atoms with Crippen LogP contribution in [0.25, 0.3) is 0 Å². The Morgan fingerprint density at radius 3 is 2.32 bits per heavy atom. The third kappa shape index (κ3) is 3.56. The van der Waals surface area contributed by atoms with Crippen molar-refractivity contribution in [2.75, 3.05) is 27.4 Å². The Hall–Kier alpha value is -2.28. The van der Waals surface area contributed by atoms with Gasteiger partial charge >= 0.3 is 5.97 Å². The first-order valence-electron chi connectivity index (χ1n) is 11.2. The van der Waals surface area contributed by atoms with Gasteiger partial charge in [0.1, 0.15) is 0 Å². The molecule has 4 bridgehead atoms. The Morgan fingerprint density at radius 2 is 1.71 bits per heavy atom. The van der Waals surface area contributed by atoms with Crippen molar-refractivity contribution in [3.63, 3.8) is 0 Å². The van der Waals surface area contributed by atoms with Crippen LogP contribution >= 0.6 is 0 Å². The minimum Gasteiger partial charge on any atom is -0.493 e. The second kappa shape index (κ2) is 7.40. The van der Waals surface area contributed by atoms with Crippen LogP contribution in [0.1, 0.15) is 49.7 Å². The van der Waals surface area contributed by atoms with E-state index in [1.54, 1.807) is 19.1 Å². The van der Waals surface area contributed by atoms with E-state index in [4.69, 9.17) is 14.2 Å². The zero-order valence-corrected chi connectivity index (χ0v) is 18.3. The zero-order chi connectivity index (χ0) is 21.8. The highest BCUT2D eigenvalue weighted by molar-refractivity contribution is 5.83. The average molecular weight is 430 g/mol. The molecule has 1 amide bonds. The maximum Gasteiger partial charge on any atom is 0.312 e. The lowest BCUT2D eigenvalue weighted by Gasteiger charge is -2.58. The summed E-state index contributed by atoms with van der Waals surface area (Å²) < 4.78 is 16.3. The number of hydrogen-bond acceptors (Lipinski definition) is 6. The van der Waals surface area contributed by atoms with Crippen LogP contribution in [0.3, 0.4) is 0 Å². The molecule has 4 saturated carbocycles. The van der Waals surface area contributed by atoms with E-state index in [1.165, 1.54) is 0 Å². The summed E-state index contributed by atoms with van der Waals surface area (Å²) in [5, 5.41) is 10.9. The summed E-state index contributed by atoms with van der Waals surface area (Å²) >= 11 is 0. The van der Waals surface area contributed by atoms with Crippen LogP contribution in [0.4, 0.5) is 0 Å². The quantitative estimate of drug-likeness (QED) is 0.724. The molecule has 31 heavy (non-hydrogen) atoms. The Kier molecular flexibility index (Phi) is 4.92. The third-order valence-corrected chi connectivity index (χ3v) is 7.86. The molecule has 1 N–H and O–H groups in total. The van der Waals surface area contributed by atoms with Crippen LogP contribution in [-0.2, 0) is 27.3 Å². The van der Waals surface area contributed by atoms with Gasteiger partial charge in [0.25, 0.3) is 5.91 Å². The molecule has 1 heterocycles. The van der Waals surface area contributed by atoms with E-state index in [0.717, 1.165) is 49.7 Å². The Bertz CT molecular complexity index is 898. The number of methoxy groups -OCH3 is 2. The summed E-state index contributed by atoms with van der Waals surface area (Å²) in [7, 11) is 3.20. The largest absolute Gasteiger partial charge is 0.493 e. The van der Waals surface area contributed by atoms with Gasteiger partial charge in [0.15, 0.2) is 18.1 Å². The van der Waals surface area contributed by atoms with Crippen molar-refractivity contribution in [2.24, 2.45) is 17.3 Å². The second-order valence-electron chi connectivity index (χ2n) is 10.1. The SMILES string of the molecule is COc1cc2c(cc1OC)CN(C(=O)COC(=O)C13C[C@@H]4C[C@@H](CC(O)(C4)C1)C3)CC2. The van der Waals surface area contributed by atoms with Crippen LogP contribution in [0, 0.1) is 17.3 Å². The fraction of sp³-hybridized carbons (Fsp3) is 0.667. The van der Waals surface area contributed by atoms with Crippen LogP contribution in [0.2, 0.25) is 0 Å². The fourth-order valence-electron chi connectivity index (χ4n) is 6.92. The minimum absolute atomic E-state index is 0.183. The molecule has 168 valence electrons. The molecule has 0 aromatic heterocycles. The van der Waals surface area contributed by atoms with Crippen LogP contribution in [0.15, 0.2) is 12.1 Å². The third-order valence-electron chi connectivity index (χ3n) is 7.86. The summed E-state index contributed by atoms with van der Waals surface area (Å²) in [4.78, 5) is 27.6. The van der Waals surface area contributed by atoms with Gasteiger partial charge in [-0.3, -0.25) is 9.59 Å². The molecule has 0 radical (unpaired) electrons. The van der Waals surface area contributed by atoms with Gasteiger partial charge in [0, 0.05) is 13.1 Å². The second-order valence-corrected chi connectivity index (χ2v) is 10.1. The molecule has 4 aliphatic carbocycles. The Labute approximate surface area is 182 Å². The fourth-order valence-corrected chi connectivity index (χ4v) is 6.92. The van der Waals surface area contributed by atoms with Crippen molar-refractivity contribution >= 4 is 11.9 Å². The summed E-state index contributed by atoms with van der Waals surface area (Å²) in [5.74, 6) is 1.66. The number of rotatable bonds is 5. The number of carbonyl (C=O) groups is 2. The molecule has 4 atom stereocenters. The van der Waals surface area contributed by atoms with E-state index < -0.39 is 11.0 Å². The molecular weight excluding hydrogens is 398 g/mol. The Morgan fingerprint density at radius 1 is 1.06 bits per heavy atom. The van der Waals surface area contributed by atoms with Gasteiger partial charge in [-0.2, -0.15) is 0 Å². The van der Waals surface area contributed by atoms with Crippen molar-refractivity contribution in [3.05, 3.63) is 23.3 Å². The molecule has 5 aliphatic rings. The standard InChI is InChI=1S/C24H31NO6/c1-29-19-6-17-3-4-25(12-18(17)7-20(19)30-2)21(26)13-31-22(27)23-8-15-5-16(9-23)11-24(28,10-15)14-23/h6-7,15-16,28H,3-5,8-14H2,1-2H3/t15-,16+,23?,24?. The van der Waals surface area contributed by atoms with Crippen LogP contribution in [0.5, 0.6) is 11.5 Å². The molecule has 0 saturated heterocycles. The first kappa shape index (κ1) is 20.6. The molecule has 1 aromatic rings. The monoisotopic (exact) mass is 429 g/mol. The van der Waals surface area contributed by atoms with Crippen molar-refractivity contribution in [3.8, 4) is 11.5 Å². The Balaban J connectivity index is 1.22. The smallest absolute Gasteiger partial charge is 0.312 e. The summed E-state index contributed by atoms with van der Waals surface area (Å²) in [5.41, 5.74) is 0.842. The predicted octanol–water partition coefficient (Wildman–Crippen LogP) is 2.46. The highest BCUT2D eigenvalue weighted by atomic mass is 16.5. The van der Waals surface area contributed by atoms with E-state index in [2.05, 4.69) is 0 Å². The lowest BCUT2D eigenvalue weighted by atomic mass is 9.48. The van der Waals surface area contributed by atoms with Crippen molar-refractivity contribution in [1.82, 2.24) is 4.90 Å².